The van der Waals surface area contributed by atoms with Crippen LogP contribution in [0.1, 0.15) is 18.5 Å². The number of hydrogen-bond acceptors (Lipinski definition) is 3. The zero-order valence-corrected chi connectivity index (χ0v) is 9.31. The molecule has 16 heavy (non-hydrogen) atoms. The number of aryl methyl sites for hydroxylation is 1. The van der Waals surface area contributed by atoms with Crippen molar-refractivity contribution >= 4 is 0 Å². The molecule has 0 spiro atoms. The van der Waals surface area contributed by atoms with Gasteiger partial charge in [0.1, 0.15) is 0 Å². The standard InChI is InChI=1S/C13H15NO2/c1-2-12-14-11(8-9-15)13(16-12)10-6-4-3-5-7-10/h3-7,15H,2,8-9H2,1H3. The zero-order valence-electron chi connectivity index (χ0n) is 9.31. The number of hydrogen-bond donors (Lipinski definition) is 1. The summed E-state index contributed by atoms with van der Waals surface area (Å²) in [7, 11) is 0. The van der Waals surface area contributed by atoms with Gasteiger partial charge in [0.05, 0.1) is 5.69 Å². The van der Waals surface area contributed by atoms with Crippen molar-refractivity contribution in [2.45, 2.75) is 19.8 Å². The van der Waals surface area contributed by atoms with Crippen molar-refractivity contribution in [1.82, 2.24) is 4.98 Å². The van der Waals surface area contributed by atoms with E-state index in [9.17, 15) is 0 Å². The van der Waals surface area contributed by atoms with Crippen molar-refractivity contribution in [2.75, 3.05) is 6.61 Å². The molecule has 0 unspecified atom stereocenters. The second-order valence-electron chi connectivity index (χ2n) is 3.58. The molecule has 1 aromatic carbocycles. The number of nitrogens with zero attached hydrogens (tertiary/aromatic N) is 1. The van der Waals surface area contributed by atoms with Gasteiger partial charge in [0, 0.05) is 25.0 Å². The molecule has 1 heterocycles. The highest BCUT2D eigenvalue weighted by molar-refractivity contribution is 5.59. The highest BCUT2D eigenvalue weighted by Crippen LogP contribution is 2.25. The zero-order chi connectivity index (χ0) is 11.4. The molecule has 1 N–H and O–H groups in total. The lowest BCUT2D eigenvalue weighted by molar-refractivity contribution is 0.298. The summed E-state index contributed by atoms with van der Waals surface area (Å²) in [6.07, 6.45) is 1.30. The molecule has 0 bridgehead atoms. The van der Waals surface area contributed by atoms with E-state index in [0.29, 0.717) is 6.42 Å². The van der Waals surface area contributed by atoms with Crippen LogP contribution in [0.15, 0.2) is 34.7 Å². The summed E-state index contributed by atoms with van der Waals surface area (Å²) >= 11 is 0. The van der Waals surface area contributed by atoms with Crippen molar-refractivity contribution in [2.24, 2.45) is 0 Å². The van der Waals surface area contributed by atoms with Crippen molar-refractivity contribution in [3.63, 3.8) is 0 Å². The van der Waals surface area contributed by atoms with Crippen LogP contribution in [-0.2, 0) is 12.8 Å². The molecule has 2 aromatic rings. The molecule has 2 rings (SSSR count). The molecule has 0 aliphatic heterocycles. The van der Waals surface area contributed by atoms with E-state index in [4.69, 9.17) is 9.52 Å². The minimum atomic E-state index is 0.0928. The summed E-state index contributed by atoms with van der Waals surface area (Å²) in [5.74, 6) is 1.51. The first-order valence-corrected chi connectivity index (χ1v) is 5.50. The molecule has 0 atom stereocenters. The van der Waals surface area contributed by atoms with Crippen LogP contribution in [0.2, 0.25) is 0 Å². The highest BCUT2D eigenvalue weighted by Gasteiger charge is 2.13. The van der Waals surface area contributed by atoms with Gasteiger partial charge in [-0.05, 0) is 0 Å². The maximum atomic E-state index is 8.99. The van der Waals surface area contributed by atoms with Gasteiger partial charge in [-0.3, -0.25) is 0 Å². The second-order valence-corrected chi connectivity index (χ2v) is 3.58. The summed E-state index contributed by atoms with van der Waals surface area (Å²) in [6, 6.07) is 9.87. The minimum absolute atomic E-state index is 0.0928. The van der Waals surface area contributed by atoms with E-state index in [2.05, 4.69) is 4.98 Å². The maximum absolute atomic E-state index is 8.99. The van der Waals surface area contributed by atoms with E-state index in [0.717, 1.165) is 29.3 Å². The smallest absolute Gasteiger partial charge is 0.194 e. The Morgan fingerprint density at radius 3 is 2.62 bits per heavy atom. The molecule has 0 aliphatic carbocycles. The Kier molecular flexibility index (Phi) is 3.37. The van der Waals surface area contributed by atoms with Gasteiger partial charge in [-0.15, -0.1) is 0 Å². The van der Waals surface area contributed by atoms with Crippen LogP contribution in [0, 0.1) is 0 Å². The van der Waals surface area contributed by atoms with Gasteiger partial charge < -0.3 is 9.52 Å². The van der Waals surface area contributed by atoms with E-state index < -0.39 is 0 Å². The van der Waals surface area contributed by atoms with E-state index in [1.165, 1.54) is 0 Å². The van der Waals surface area contributed by atoms with Gasteiger partial charge in [-0.2, -0.15) is 0 Å². The van der Waals surface area contributed by atoms with Crippen LogP contribution in [0.3, 0.4) is 0 Å². The maximum Gasteiger partial charge on any atom is 0.194 e. The first kappa shape index (κ1) is 10.9. The normalized spacial score (nSPS) is 10.6. The Labute approximate surface area is 94.8 Å². The summed E-state index contributed by atoms with van der Waals surface area (Å²) < 4.78 is 5.68. The Hall–Kier alpha value is -1.61. The molecule has 84 valence electrons. The molecular formula is C13H15NO2. The van der Waals surface area contributed by atoms with Gasteiger partial charge in [0.15, 0.2) is 11.7 Å². The van der Waals surface area contributed by atoms with Gasteiger partial charge in [-0.25, -0.2) is 4.98 Å². The monoisotopic (exact) mass is 217 g/mol. The predicted octanol–water partition coefficient (Wildman–Crippen LogP) is 2.44. The molecular weight excluding hydrogens is 202 g/mol. The lowest BCUT2D eigenvalue weighted by Crippen LogP contribution is -1.93. The average molecular weight is 217 g/mol. The molecule has 3 nitrogen and oxygen atoms in total. The minimum Gasteiger partial charge on any atom is -0.440 e. The third-order valence-electron chi connectivity index (χ3n) is 2.43. The summed E-state index contributed by atoms with van der Waals surface area (Å²) in [5.41, 5.74) is 1.85. The third-order valence-corrected chi connectivity index (χ3v) is 2.43. The predicted molar refractivity (Wildman–Crippen MR) is 62.1 cm³/mol. The van der Waals surface area contributed by atoms with Crippen molar-refractivity contribution < 1.29 is 9.52 Å². The van der Waals surface area contributed by atoms with Crippen LogP contribution in [-0.4, -0.2) is 16.7 Å². The fourth-order valence-corrected chi connectivity index (χ4v) is 1.64. The van der Waals surface area contributed by atoms with E-state index in [-0.39, 0.29) is 6.61 Å². The fourth-order valence-electron chi connectivity index (χ4n) is 1.64. The summed E-state index contributed by atoms with van der Waals surface area (Å²) in [6.45, 7) is 2.10. The number of rotatable bonds is 4. The molecule has 0 amide bonds. The number of aliphatic hydroxyl groups is 1. The third kappa shape index (κ3) is 2.14. The fraction of sp³-hybridized carbons (Fsp3) is 0.308. The van der Waals surface area contributed by atoms with Gasteiger partial charge in [0.2, 0.25) is 0 Å². The topological polar surface area (TPSA) is 46.3 Å². The van der Waals surface area contributed by atoms with Gasteiger partial charge in [-0.1, -0.05) is 37.3 Å². The molecule has 1 aromatic heterocycles. The summed E-state index contributed by atoms with van der Waals surface area (Å²) in [4.78, 5) is 4.37. The molecule has 3 heteroatoms. The van der Waals surface area contributed by atoms with Crippen LogP contribution in [0.4, 0.5) is 0 Å². The van der Waals surface area contributed by atoms with Crippen LogP contribution >= 0.6 is 0 Å². The number of aromatic nitrogens is 1. The van der Waals surface area contributed by atoms with Gasteiger partial charge >= 0.3 is 0 Å². The number of benzene rings is 1. The Morgan fingerprint density at radius 1 is 1.25 bits per heavy atom. The van der Waals surface area contributed by atoms with Crippen LogP contribution in [0.25, 0.3) is 11.3 Å². The van der Waals surface area contributed by atoms with Crippen LogP contribution in [0.5, 0.6) is 0 Å². The van der Waals surface area contributed by atoms with Crippen LogP contribution < -0.4 is 0 Å². The van der Waals surface area contributed by atoms with E-state index in [1.54, 1.807) is 0 Å². The molecule has 0 aliphatic rings. The average Bonchev–Trinajstić information content (AvgIpc) is 2.74. The lowest BCUT2D eigenvalue weighted by atomic mass is 10.1. The highest BCUT2D eigenvalue weighted by atomic mass is 16.4. The molecule has 0 radical (unpaired) electrons. The summed E-state index contributed by atoms with van der Waals surface area (Å²) in [5, 5.41) is 8.99. The Bertz CT molecular complexity index is 448. The number of aliphatic hydroxyl groups excluding tert-OH is 1. The first-order chi connectivity index (χ1) is 7.85. The largest absolute Gasteiger partial charge is 0.440 e. The van der Waals surface area contributed by atoms with Gasteiger partial charge in [0.25, 0.3) is 0 Å². The van der Waals surface area contributed by atoms with E-state index in [1.807, 2.05) is 37.3 Å². The quantitative estimate of drug-likeness (QED) is 0.855. The van der Waals surface area contributed by atoms with Crippen molar-refractivity contribution in [3.8, 4) is 11.3 Å². The number of oxazole rings is 1. The molecule has 0 saturated carbocycles. The van der Waals surface area contributed by atoms with E-state index >= 15 is 0 Å². The first-order valence-electron chi connectivity index (χ1n) is 5.50. The lowest BCUT2D eigenvalue weighted by Gasteiger charge is -1.98. The Morgan fingerprint density at radius 2 is 2.00 bits per heavy atom. The van der Waals surface area contributed by atoms with Crippen molar-refractivity contribution in [3.05, 3.63) is 41.9 Å². The SMILES string of the molecule is CCc1nc(CCO)c(-c2ccccc2)o1. The molecule has 0 fully saturated rings. The second kappa shape index (κ2) is 4.94. The Balaban J connectivity index is 2.42. The van der Waals surface area contributed by atoms with Crippen molar-refractivity contribution in [1.29, 1.82) is 0 Å². The molecule has 0 saturated heterocycles.